The van der Waals surface area contributed by atoms with Crippen molar-refractivity contribution in [3.63, 3.8) is 0 Å². The highest BCUT2D eigenvalue weighted by Crippen LogP contribution is 2.33. The van der Waals surface area contributed by atoms with Crippen LogP contribution in [0, 0.1) is 13.8 Å². The van der Waals surface area contributed by atoms with Crippen molar-refractivity contribution in [1.82, 2.24) is 30.0 Å². The van der Waals surface area contributed by atoms with E-state index in [1.54, 1.807) is 0 Å². The molecule has 1 saturated heterocycles. The van der Waals surface area contributed by atoms with E-state index in [1.165, 1.54) is 18.4 Å². The van der Waals surface area contributed by atoms with Gasteiger partial charge in [-0.1, -0.05) is 37.1 Å². The first-order chi connectivity index (χ1) is 19.0. The van der Waals surface area contributed by atoms with Crippen LogP contribution >= 0.6 is 0 Å². The summed E-state index contributed by atoms with van der Waals surface area (Å²) in [5.74, 6) is 0. The summed E-state index contributed by atoms with van der Waals surface area (Å²) in [4.78, 5) is 23.0. The Morgan fingerprint density at radius 2 is 1.82 bits per heavy atom. The predicted molar refractivity (Wildman–Crippen MR) is 154 cm³/mol. The van der Waals surface area contributed by atoms with Crippen molar-refractivity contribution in [1.29, 1.82) is 0 Å². The van der Waals surface area contributed by atoms with E-state index in [0.717, 1.165) is 90.4 Å². The Labute approximate surface area is 229 Å². The molecule has 0 radical (unpaired) electrons. The van der Waals surface area contributed by atoms with Gasteiger partial charge >= 0.3 is 0 Å². The molecule has 0 spiro atoms. The fourth-order valence-electron chi connectivity index (χ4n) is 6.01. The van der Waals surface area contributed by atoms with Gasteiger partial charge in [0.1, 0.15) is 0 Å². The van der Waals surface area contributed by atoms with Gasteiger partial charge in [-0.05, 0) is 55.5 Å². The number of nitrogens with zero attached hydrogens (tertiary/aromatic N) is 4. The van der Waals surface area contributed by atoms with Gasteiger partial charge < -0.3 is 15.0 Å². The minimum atomic E-state index is -0.0215. The zero-order valence-electron chi connectivity index (χ0n) is 23.0. The highest BCUT2D eigenvalue weighted by atomic mass is 16.5. The third-order valence-corrected chi connectivity index (χ3v) is 8.19. The topological polar surface area (TPSA) is 88.1 Å². The minimum absolute atomic E-state index is 0.0215. The smallest absolute Gasteiger partial charge is 0.252 e. The number of nitrogens with one attached hydrogen (secondary N) is 2. The molecule has 0 bridgehead atoms. The van der Waals surface area contributed by atoms with Gasteiger partial charge in [-0.15, -0.1) is 0 Å². The van der Waals surface area contributed by atoms with Gasteiger partial charge in [0.2, 0.25) is 0 Å². The standard InChI is InChI=1S/C31H38N6O2/c1-21-15-22(2)34-31(38)27(21)18-32-17-25-16-29(35-30-28(25)19-33-37(30)26-5-3-4-6-26)24-9-7-23(8-10-24)20-36-11-13-39-14-12-36/h7-10,15-16,19,26,32H,3-6,11-14,17-18,20H2,1-2H3,(H,34,38). The molecule has 0 atom stereocenters. The lowest BCUT2D eigenvalue weighted by Crippen LogP contribution is -2.35. The molecule has 2 fully saturated rings. The first-order valence-electron chi connectivity index (χ1n) is 14.2. The van der Waals surface area contributed by atoms with E-state index < -0.39 is 0 Å². The van der Waals surface area contributed by atoms with Crippen LogP contribution in [0.3, 0.4) is 0 Å². The number of benzene rings is 1. The highest BCUT2D eigenvalue weighted by molar-refractivity contribution is 5.82. The molecule has 4 aromatic rings. The lowest BCUT2D eigenvalue weighted by molar-refractivity contribution is 0.0342. The predicted octanol–water partition coefficient (Wildman–Crippen LogP) is 4.64. The van der Waals surface area contributed by atoms with Crippen LogP contribution in [0.1, 0.15) is 59.7 Å². The van der Waals surface area contributed by atoms with Crippen molar-refractivity contribution in [3.8, 4) is 11.3 Å². The van der Waals surface area contributed by atoms with Crippen LogP contribution in [0.5, 0.6) is 0 Å². The summed E-state index contributed by atoms with van der Waals surface area (Å²) in [6.45, 7) is 9.57. The first kappa shape index (κ1) is 25.9. The van der Waals surface area contributed by atoms with Crippen LogP contribution in [-0.2, 0) is 24.4 Å². The second-order valence-electron chi connectivity index (χ2n) is 11.1. The molecule has 1 aliphatic heterocycles. The average molecular weight is 527 g/mol. The zero-order valence-corrected chi connectivity index (χ0v) is 23.0. The molecule has 0 unspecified atom stereocenters. The number of hydrogen-bond donors (Lipinski definition) is 2. The lowest BCUT2D eigenvalue weighted by Gasteiger charge is -2.26. The van der Waals surface area contributed by atoms with Crippen LogP contribution in [-0.4, -0.2) is 51.0 Å². The van der Waals surface area contributed by atoms with Crippen molar-refractivity contribution >= 4 is 11.0 Å². The summed E-state index contributed by atoms with van der Waals surface area (Å²) in [7, 11) is 0. The lowest BCUT2D eigenvalue weighted by atomic mass is 10.0. The van der Waals surface area contributed by atoms with Crippen LogP contribution < -0.4 is 10.9 Å². The van der Waals surface area contributed by atoms with Crippen molar-refractivity contribution < 1.29 is 4.74 Å². The highest BCUT2D eigenvalue weighted by Gasteiger charge is 2.22. The number of aryl methyl sites for hydroxylation is 2. The summed E-state index contributed by atoms with van der Waals surface area (Å²) < 4.78 is 7.64. The first-order valence-corrected chi connectivity index (χ1v) is 14.2. The monoisotopic (exact) mass is 526 g/mol. The maximum absolute atomic E-state index is 12.5. The molecule has 2 aliphatic rings. The Morgan fingerprint density at radius 3 is 2.56 bits per heavy atom. The molecule has 204 valence electrons. The SMILES string of the molecule is Cc1cc(C)c(CNCc2cc(-c3ccc(CN4CCOCC4)cc3)nc3c2cnn3C2CCCC2)c(=O)[nH]1. The van der Waals surface area contributed by atoms with E-state index in [0.29, 0.717) is 19.1 Å². The maximum Gasteiger partial charge on any atom is 0.252 e. The number of aromatic amines is 1. The molecular weight excluding hydrogens is 488 g/mol. The second kappa shape index (κ2) is 11.4. The molecule has 0 amide bonds. The minimum Gasteiger partial charge on any atom is -0.379 e. The van der Waals surface area contributed by atoms with Gasteiger partial charge in [0.15, 0.2) is 5.65 Å². The zero-order chi connectivity index (χ0) is 26.8. The van der Waals surface area contributed by atoms with Crippen molar-refractivity contribution in [2.45, 2.75) is 65.2 Å². The molecule has 4 heterocycles. The molecule has 8 nitrogen and oxygen atoms in total. The fraction of sp³-hybridized carbons (Fsp3) is 0.452. The van der Waals surface area contributed by atoms with E-state index in [-0.39, 0.29) is 5.56 Å². The summed E-state index contributed by atoms with van der Waals surface area (Å²) >= 11 is 0. The van der Waals surface area contributed by atoms with Crippen molar-refractivity contribution in [2.24, 2.45) is 0 Å². The number of H-pyrrole nitrogens is 1. The van der Waals surface area contributed by atoms with Gasteiger partial charge in [0.25, 0.3) is 5.56 Å². The largest absolute Gasteiger partial charge is 0.379 e. The Kier molecular flexibility index (Phi) is 7.59. The number of aromatic nitrogens is 4. The van der Waals surface area contributed by atoms with Gasteiger partial charge in [-0.25, -0.2) is 9.67 Å². The van der Waals surface area contributed by atoms with E-state index in [4.69, 9.17) is 14.8 Å². The van der Waals surface area contributed by atoms with E-state index in [2.05, 4.69) is 50.2 Å². The summed E-state index contributed by atoms with van der Waals surface area (Å²) in [6, 6.07) is 13.4. The summed E-state index contributed by atoms with van der Waals surface area (Å²) in [6.07, 6.45) is 6.77. The Bertz CT molecular complexity index is 1490. The Hall–Kier alpha value is -3.33. The van der Waals surface area contributed by atoms with Crippen LogP contribution in [0.15, 0.2) is 47.4 Å². The van der Waals surface area contributed by atoms with Crippen LogP contribution in [0.25, 0.3) is 22.3 Å². The normalized spacial score (nSPS) is 16.9. The van der Waals surface area contributed by atoms with Gasteiger partial charge in [-0.3, -0.25) is 9.69 Å². The van der Waals surface area contributed by atoms with Gasteiger partial charge in [0.05, 0.1) is 31.1 Å². The second-order valence-corrected chi connectivity index (χ2v) is 11.1. The van der Waals surface area contributed by atoms with Gasteiger partial charge in [-0.2, -0.15) is 5.10 Å². The molecule has 1 saturated carbocycles. The van der Waals surface area contributed by atoms with E-state index >= 15 is 0 Å². The van der Waals surface area contributed by atoms with Crippen molar-refractivity contribution in [3.05, 3.63) is 80.9 Å². The number of rotatable bonds is 8. The molecule has 3 aromatic heterocycles. The third kappa shape index (κ3) is 5.69. The molecule has 6 rings (SSSR count). The molecular formula is C31H38N6O2. The Balaban J connectivity index is 1.28. The number of pyridine rings is 2. The molecule has 1 aromatic carbocycles. The number of fused-ring (bicyclic) bond motifs is 1. The van der Waals surface area contributed by atoms with Crippen LogP contribution in [0.4, 0.5) is 0 Å². The number of morpholine rings is 1. The number of hydrogen-bond acceptors (Lipinski definition) is 6. The van der Waals surface area contributed by atoms with E-state index in [9.17, 15) is 4.79 Å². The Morgan fingerprint density at radius 1 is 1.05 bits per heavy atom. The average Bonchev–Trinajstić information content (AvgIpc) is 3.61. The summed E-state index contributed by atoms with van der Waals surface area (Å²) in [5.41, 5.74) is 8.13. The quantitative estimate of drug-likeness (QED) is 0.348. The third-order valence-electron chi connectivity index (χ3n) is 8.19. The summed E-state index contributed by atoms with van der Waals surface area (Å²) in [5, 5.41) is 9.41. The molecule has 39 heavy (non-hydrogen) atoms. The van der Waals surface area contributed by atoms with Crippen molar-refractivity contribution in [2.75, 3.05) is 26.3 Å². The van der Waals surface area contributed by atoms with Gasteiger partial charge in [0, 0.05) is 54.9 Å². The van der Waals surface area contributed by atoms with E-state index in [1.807, 2.05) is 26.1 Å². The molecule has 1 aliphatic carbocycles. The number of ether oxygens (including phenoxy) is 1. The molecule has 2 N–H and O–H groups in total. The maximum atomic E-state index is 12.5. The molecule has 8 heteroatoms. The van der Waals surface area contributed by atoms with Crippen LogP contribution in [0.2, 0.25) is 0 Å². The fourth-order valence-corrected chi connectivity index (χ4v) is 6.01.